The van der Waals surface area contributed by atoms with Gasteiger partial charge in [-0.15, -0.1) is 0 Å². The van der Waals surface area contributed by atoms with Gasteiger partial charge in [0.25, 0.3) is 15.9 Å². The molecule has 1 aliphatic heterocycles. The number of halogens is 2. The normalized spacial score (nSPS) is 15.3. The number of carbonyl (C=O) groups excluding carboxylic acids is 1. The number of likely N-dealkylation sites (tertiary alicyclic amines) is 1. The first kappa shape index (κ1) is 28.0. The highest BCUT2D eigenvalue weighted by Crippen LogP contribution is 2.38. The van der Waals surface area contributed by atoms with Gasteiger partial charge in [0, 0.05) is 41.8 Å². The minimum atomic E-state index is -4.26. The van der Waals surface area contributed by atoms with Gasteiger partial charge in [0.05, 0.1) is 23.3 Å². The smallest absolute Gasteiger partial charge is 0.266 e. The van der Waals surface area contributed by atoms with Crippen LogP contribution >= 0.6 is 11.6 Å². The SMILES string of the molecule is Cn1cc(C2CCCN2C(=O)c2ccc(Cl)c(S(=O)(=O)N(Cc3ccccc3)c3ccc(F)cc3)c2)c2ccccc21. The summed E-state index contributed by atoms with van der Waals surface area (Å²) in [6.07, 6.45) is 3.73. The van der Waals surface area contributed by atoms with Crippen LogP contribution in [-0.4, -0.2) is 30.3 Å². The van der Waals surface area contributed by atoms with Gasteiger partial charge >= 0.3 is 0 Å². The topological polar surface area (TPSA) is 62.6 Å². The Kier molecular flexibility index (Phi) is 7.51. The first-order chi connectivity index (χ1) is 20.2. The maximum absolute atomic E-state index is 14.2. The molecule has 9 heteroatoms. The van der Waals surface area contributed by atoms with Crippen LogP contribution in [0.5, 0.6) is 0 Å². The fourth-order valence-corrected chi connectivity index (χ4v) is 7.72. The molecule has 5 aromatic rings. The molecule has 1 aliphatic rings. The summed E-state index contributed by atoms with van der Waals surface area (Å²) < 4.78 is 45.4. The van der Waals surface area contributed by atoms with E-state index in [1.807, 2.05) is 54.4 Å². The molecule has 0 spiro atoms. The molecule has 1 saturated heterocycles. The predicted molar refractivity (Wildman–Crippen MR) is 164 cm³/mol. The molecule has 6 rings (SSSR count). The maximum Gasteiger partial charge on any atom is 0.266 e. The van der Waals surface area contributed by atoms with Gasteiger partial charge in [0.2, 0.25) is 0 Å². The Labute approximate surface area is 249 Å². The average Bonchev–Trinajstić information content (AvgIpc) is 3.61. The van der Waals surface area contributed by atoms with Crippen molar-refractivity contribution in [1.29, 1.82) is 0 Å². The van der Waals surface area contributed by atoms with Crippen LogP contribution in [0, 0.1) is 5.82 Å². The van der Waals surface area contributed by atoms with Crippen LogP contribution in [-0.2, 0) is 23.6 Å². The number of benzene rings is 4. The lowest BCUT2D eigenvalue weighted by molar-refractivity contribution is 0.0736. The quantitative estimate of drug-likeness (QED) is 0.196. The molecule has 0 aliphatic carbocycles. The first-order valence-electron chi connectivity index (χ1n) is 13.7. The van der Waals surface area contributed by atoms with Crippen molar-refractivity contribution in [1.82, 2.24) is 9.47 Å². The van der Waals surface area contributed by atoms with Crippen molar-refractivity contribution in [2.75, 3.05) is 10.8 Å². The van der Waals surface area contributed by atoms with Crippen molar-refractivity contribution in [3.63, 3.8) is 0 Å². The van der Waals surface area contributed by atoms with Gasteiger partial charge in [-0.1, -0.05) is 60.1 Å². The molecule has 2 heterocycles. The van der Waals surface area contributed by atoms with E-state index in [9.17, 15) is 17.6 Å². The van der Waals surface area contributed by atoms with Crippen molar-refractivity contribution in [3.05, 3.63) is 131 Å². The highest BCUT2D eigenvalue weighted by molar-refractivity contribution is 7.93. The Morgan fingerprint density at radius 2 is 1.69 bits per heavy atom. The molecule has 1 aromatic heterocycles. The largest absolute Gasteiger partial charge is 0.350 e. The Hall–Kier alpha value is -4.14. The second-order valence-corrected chi connectivity index (χ2v) is 12.7. The standard InChI is InChI=1S/C33H29ClFN3O3S/c1-36-22-28(27-10-5-6-11-30(27)36)31-12-7-19-37(31)33(39)24-13-18-29(34)32(20-24)42(40,41)38(21-23-8-3-2-4-9-23)26-16-14-25(35)15-17-26/h2-6,8-11,13-18,20,22,31H,7,12,19,21H2,1H3. The fraction of sp³-hybridized carbons (Fsp3) is 0.182. The monoisotopic (exact) mass is 601 g/mol. The van der Waals surface area contributed by atoms with Crippen molar-refractivity contribution in [2.24, 2.45) is 7.05 Å². The Morgan fingerprint density at radius 1 is 0.976 bits per heavy atom. The lowest BCUT2D eigenvalue weighted by atomic mass is 10.0. The van der Waals surface area contributed by atoms with Gasteiger partial charge in [0.15, 0.2) is 0 Å². The van der Waals surface area contributed by atoms with Crippen LogP contribution in [0.4, 0.5) is 10.1 Å². The van der Waals surface area contributed by atoms with Crippen molar-refractivity contribution >= 4 is 44.1 Å². The zero-order valence-electron chi connectivity index (χ0n) is 23.0. The van der Waals surface area contributed by atoms with Crippen LogP contribution < -0.4 is 4.31 Å². The summed E-state index contributed by atoms with van der Waals surface area (Å²) in [6.45, 7) is 0.561. The molecular formula is C33H29ClFN3O3S. The molecule has 0 saturated carbocycles. The molecular weight excluding hydrogens is 573 g/mol. The Balaban J connectivity index is 1.37. The van der Waals surface area contributed by atoms with Crippen LogP contribution in [0.15, 0.2) is 108 Å². The number of aryl methyl sites for hydroxylation is 1. The van der Waals surface area contributed by atoms with E-state index in [0.717, 1.165) is 34.9 Å². The van der Waals surface area contributed by atoms with Gasteiger partial charge in [-0.3, -0.25) is 9.10 Å². The number of fused-ring (bicyclic) bond motifs is 1. The lowest BCUT2D eigenvalue weighted by Crippen LogP contribution is -2.32. The van der Waals surface area contributed by atoms with Crippen LogP contribution in [0.3, 0.4) is 0 Å². The summed E-state index contributed by atoms with van der Waals surface area (Å²) >= 11 is 6.50. The second-order valence-electron chi connectivity index (χ2n) is 10.5. The van der Waals surface area contributed by atoms with E-state index in [1.165, 1.54) is 40.7 Å². The summed E-state index contributed by atoms with van der Waals surface area (Å²) in [5.41, 5.74) is 3.42. The minimum Gasteiger partial charge on any atom is -0.350 e. The van der Waals surface area contributed by atoms with Crippen molar-refractivity contribution in [2.45, 2.75) is 30.3 Å². The number of aromatic nitrogens is 1. The van der Waals surface area contributed by atoms with E-state index in [2.05, 4.69) is 22.9 Å². The molecule has 1 fully saturated rings. The summed E-state index contributed by atoms with van der Waals surface area (Å²) in [6, 6.07) is 26.7. The lowest BCUT2D eigenvalue weighted by Gasteiger charge is -2.27. The molecule has 42 heavy (non-hydrogen) atoms. The summed E-state index contributed by atoms with van der Waals surface area (Å²) in [7, 11) is -2.27. The highest BCUT2D eigenvalue weighted by Gasteiger charge is 2.34. The molecule has 1 amide bonds. The number of carbonyl (C=O) groups is 1. The number of sulfonamides is 1. The Bertz CT molecular complexity index is 1870. The average molecular weight is 602 g/mol. The predicted octanol–water partition coefficient (Wildman–Crippen LogP) is 7.34. The molecule has 6 nitrogen and oxygen atoms in total. The zero-order valence-corrected chi connectivity index (χ0v) is 24.5. The van der Waals surface area contributed by atoms with Crippen LogP contribution in [0.2, 0.25) is 5.02 Å². The van der Waals surface area contributed by atoms with E-state index in [1.54, 1.807) is 6.07 Å². The van der Waals surface area contributed by atoms with E-state index >= 15 is 0 Å². The molecule has 214 valence electrons. The third-order valence-electron chi connectivity index (χ3n) is 7.83. The molecule has 1 unspecified atom stereocenters. The molecule has 4 aromatic carbocycles. The van der Waals surface area contributed by atoms with Crippen molar-refractivity contribution in [3.8, 4) is 0 Å². The van der Waals surface area contributed by atoms with Crippen molar-refractivity contribution < 1.29 is 17.6 Å². The van der Waals surface area contributed by atoms with E-state index in [4.69, 9.17) is 11.6 Å². The minimum absolute atomic E-state index is 0.00116. The summed E-state index contributed by atoms with van der Waals surface area (Å²) in [5, 5.41) is 1.10. The van der Waals surface area contributed by atoms with Gasteiger partial charge in [-0.2, -0.15) is 0 Å². The number of para-hydroxylation sites is 1. The van der Waals surface area contributed by atoms with Gasteiger partial charge in [0.1, 0.15) is 10.7 Å². The van der Waals surface area contributed by atoms with Crippen LogP contribution in [0.25, 0.3) is 10.9 Å². The maximum atomic E-state index is 14.2. The molecule has 1 atom stereocenters. The molecule has 0 N–H and O–H groups in total. The Morgan fingerprint density at radius 3 is 2.45 bits per heavy atom. The molecule has 0 radical (unpaired) electrons. The second kappa shape index (κ2) is 11.3. The van der Waals surface area contributed by atoms with Gasteiger partial charge < -0.3 is 9.47 Å². The number of rotatable bonds is 7. The van der Waals surface area contributed by atoms with Gasteiger partial charge in [-0.25, -0.2) is 12.8 Å². The molecule has 0 bridgehead atoms. The summed E-state index contributed by atoms with van der Waals surface area (Å²) in [5.74, 6) is -0.734. The highest BCUT2D eigenvalue weighted by atomic mass is 35.5. The van der Waals surface area contributed by atoms with Crippen LogP contribution in [0.1, 0.15) is 40.4 Å². The first-order valence-corrected chi connectivity index (χ1v) is 15.5. The van der Waals surface area contributed by atoms with E-state index in [0.29, 0.717) is 6.54 Å². The van der Waals surface area contributed by atoms with E-state index in [-0.39, 0.29) is 39.7 Å². The number of hydrogen-bond donors (Lipinski definition) is 0. The van der Waals surface area contributed by atoms with Gasteiger partial charge in [-0.05, 0) is 66.9 Å². The number of hydrogen-bond acceptors (Lipinski definition) is 3. The van der Waals surface area contributed by atoms with E-state index < -0.39 is 15.8 Å². The fourth-order valence-electron chi connectivity index (χ4n) is 5.76. The number of amides is 1. The number of nitrogens with zero attached hydrogens (tertiary/aromatic N) is 3. The third kappa shape index (κ3) is 5.16. The zero-order chi connectivity index (χ0) is 29.4. The third-order valence-corrected chi connectivity index (χ3v) is 10.1. The summed E-state index contributed by atoms with van der Waals surface area (Å²) in [4.78, 5) is 15.6. The number of anilines is 1.